The smallest absolute Gasteiger partial charge is 0.211 e. The van der Waals surface area contributed by atoms with E-state index in [4.69, 9.17) is 0 Å². The summed E-state index contributed by atoms with van der Waals surface area (Å²) in [6.45, 7) is 9.20. The van der Waals surface area contributed by atoms with Gasteiger partial charge in [-0.25, -0.2) is 8.78 Å². The van der Waals surface area contributed by atoms with Crippen molar-refractivity contribution in [2.45, 2.75) is 39.5 Å². The van der Waals surface area contributed by atoms with Gasteiger partial charge in [-0.1, -0.05) is 13.8 Å². The summed E-state index contributed by atoms with van der Waals surface area (Å²) in [6.07, 6.45) is 4.63. The van der Waals surface area contributed by atoms with E-state index < -0.39 is 11.6 Å². The molecule has 1 aliphatic heterocycles. The van der Waals surface area contributed by atoms with Crippen LogP contribution in [0.3, 0.4) is 0 Å². The zero-order valence-corrected chi connectivity index (χ0v) is 15.2. The number of hydrogen-bond acceptors (Lipinski definition) is 3. The van der Waals surface area contributed by atoms with Crippen LogP contribution in [0.4, 0.5) is 20.2 Å². The van der Waals surface area contributed by atoms with Gasteiger partial charge in [-0.3, -0.25) is 4.79 Å². The summed E-state index contributed by atoms with van der Waals surface area (Å²) < 4.78 is 28.2. The zero-order valence-electron chi connectivity index (χ0n) is 15.2. The Morgan fingerprint density at radius 2 is 1.80 bits per heavy atom. The fourth-order valence-electron chi connectivity index (χ4n) is 3.60. The molecular formula is C19H29F2N3O. The summed E-state index contributed by atoms with van der Waals surface area (Å²) in [5, 5.41) is 2.18. The van der Waals surface area contributed by atoms with Crippen LogP contribution in [0.5, 0.6) is 0 Å². The number of amides is 1. The van der Waals surface area contributed by atoms with E-state index in [1.54, 1.807) is 0 Å². The highest BCUT2D eigenvalue weighted by atomic mass is 19.1. The number of hydrogen-bond donors (Lipinski definition) is 1. The summed E-state index contributed by atoms with van der Waals surface area (Å²) in [5.41, 5.74) is 0.160. The summed E-state index contributed by atoms with van der Waals surface area (Å²) in [6, 6.07) is 2.23. The number of piperidine rings is 1. The lowest BCUT2D eigenvalue weighted by molar-refractivity contribution is -0.105. The third-order valence-electron chi connectivity index (χ3n) is 4.80. The Kier molecular flexibility index (Phi) is 7.62. The molecule has 1 saturated heterocycles. The molecule has 0 saturated carbocycles. The average molecular weight is 353 g/mol. The van der Waals surface area contributed by atoms with E-state index >= 15 is 0 Å². The maximum atomic E-state index is 14.3. The predicted octanol–water partition coefficient (Wildman–Crippen LogP) is 3.87. The second-order valence-electron chi connectivity index (χ2n) is 6.78. The first-order chi connectivity index (χ1) is 12.1. The van der Waals surface area contributed by atoms with Crippen molar-refractivity contribution in [1.29, 1.82) is 0 Å². The SMILES string of the molecule is CCCN(CCC)CC1CCN(c2cc(F)c(NC=O)cc2F)CC1. The molecule has 1 aliphatic rings. The van der Waals surface area contributed by atoms with Gasteiger partial charge in [0.15, 0.2) is 0 Å². The molecule has 0 atom stereocenters. The first-order valence-corrected chi connectivity index (χ1v) is 9.25. The molecule has 140 valence electrons. The molecule has 1 fully saturated rings. The highest BCUT2D eigenvalue weighted by molar-refractivity contribution is 5.73. The number of carbonyl (C=O) groups is 1. The Morgan fingerprint density at radius 3 is 2.36 bits per heavy atom. The van der Waals surface area contributed by atoms with Crippen molar-refractivity contribution in [1.82, 2.24) is 4.90 Å². The van der Waals surface area contributed by atoms with Crippen molar-refractivity contribution < 1.29 is 13.6 Å². The van der Waals surface area contributed by atoms with Crippen molar-refractivity contribution in [2.75, 3.05) is 42.9 Å². The van der Waals surface area contributed by atoms with Crippen LogP contribution < -0.4 is 10.2 Å². The predicted molar refractivity (Wildman–Crippen MR) is 98.0 cm³/mol. The lowest BCUT2D eigenvalue weighted by atomic mass is 9.95. The van der Waals surface area contributed by atoms with Gasteiger partial charge < -0.3 is 15.1 Å². The summed E-state index contributed by atoms with van der Waals surface area (Å²) >= 11 is 0. The van der Waals surface area contributed by atoms with E-state index in [1.165, 1.54) is 6.07 Å². The number of rotatable bonds is 9. The van der Waals surface area contributed by atoms with Gasteiger partial charge in [0.1, 0.15) is 11.6 Å². The van der Waals surface area contributed by atoms with E-state index in [1.807, 2.05) is 4.90 Å². The molecule has 25 heavy (non-hydrogen) atoms. The second-order valence-corrected chi connectivity index (χ2v) is 6.78. The van der Waals surface area contributed by atoms with Crippen molar-refractivity contribution >= 4 is 17.8 Å². The summed E-state index contributed by atoms with van der Waals surface area (Å²) in [4.78, 5) is 14.8. The summed E-state index contributed by atoms with van der Waals surface area (Å²) in [7, 11) is 0. The normalized spacial score (nSPS) is 15.6. The van der Waals surface area contributed by atoms with E-state index in [0.29, 0.717) is 12.3 Å². The molecule has 0 aromatic heterocycles. The Labute approximate surface area is 149 Å². The minimum atomic E-state index is -0.609. The Balaban J connectivity index is 1.95. The van der Waals surface area contributed by atoms with Crippen molar-refractivity contribution in [2.24, 2.45) is 5.92 Å². The molecule has 0 radical (unpaired) electrons. The Bertz CT molecular complexity index is 554. The van der Waals surface area contributed by atoms with Crippen LogP contribution in [0.1, 0.15) is 39.5 Å². The van der Waals surface area contributed by atoms with Crippen LogP contribution in [0.2, 0.25) is 0 Å². The second kappa shape index (κ2) is 9.70. The van der Waals surface area contributed by atoms with E-state index in [2.05, 4.69) is 24.1 Å². The molecule has 1 amide bonds. The molecular weight excluding hydrogens is 324 g/mol. The number of nitrogens with zero attached hydrogens (tertiary/aromatic N) is 2. The lowest BCUT2D eigenvalue weighted by Crippen LogP contribution is -2.39. The molecule has 1 aromatic rings. The molecule has 0 unspecified atom stereocenters. The fraction of sp³-hybridized carbons (Fsp3) is 0.632. The van der Waals surface area contributed by atoms with Crippen molar-refractivity contribution in [3.63, 3.8) is 0 Å². The van der Waals surface area contributed by atoms with Crippen LogP contribution in [0.25, 0.3) is 0 Å². The average Bonchev–Trinajstić information content (AvgIpc) is 2.59. The van der Waals surface area contributed by atoms with E-state index in [-0.39, 0.29) is 11.4 Å². The number of carbonyl (C=O) groups excluding carboxylic acids is 1. The van der Waals surface area contributed by atoms with Crippen LogP contribution in [-0.2, 0) is 4.79 Å². The third kappa shape index (κ3) is 5.39. The van der Waals surface area contributed by atoms with Crippen LogP contribution in [0.15, 0.2) is 12.1 Å². The minimum absolute atomic E-state index is 0.124. The van der Waals surface area contributed by atoms with Gasteiger partial charge in [-0.15, -0.1) is 0 Å². The molecule has 6 heteroatoms. The summed E-state index contributed by atoms with van der Waals surface area (Å²) in [5.74, 6) is -0.497. The number of benzene rings is 1. The van der Waals surface area contributed by atoms with Gasteiger partial charge in [-0.2, -0.15) is 0 Å². The van der Waals surface area contributed by atoms with Gasteiger partial charge in [0.2, 0.25) is 6.41 Å². The van der Waals surface area contributed by atoms with Gasteiger partial charge >= 0.3 is 0 Å². The number of nitrogens with one attached hydrogen (secondary N) is 1. The maximum absolute atomic E-state index is 14.3. The molecule has 4 nitrogen and oxygen atoms in total. The molecule has 2 rings (SSSR count). The van der Waals surface area contributed by atoms with Crippen LogP contribution >= 0.6 is 0 Å². The topological polar surface area (TPSA) is 35.6 Å². The number of halogens is 2. The molecule has 1 N–H and O–H groups in total. The highest BCUT2D eigenvalue weighted by Gasteiger charge is 2.24. The fourth-order valence-corrected chi connectivity index (χ4v) is 3.60. The van der Waals surface area contributed by atoms with Crippen molar-refractivity contribution in [3.8, 4) is 0 Å². The van der Waals surface area contributed by atoms with E-state index in [9.17, 15) is 13.6 Å². The van der Waals surface area contributed by atoms with Crippen molar-refractivity contribution in [3.05, 3.63) is 23.8 Å². The monoisotopic (exact) mass is 353 g/mol. The minimum Gasteiger partial charge on any atom is -0.369 e. The third-order valence-corrected chi connectivity index (χ3v) is 4.80. The Morgan fingerprint density at radius 1 is 1.16 bits per heavy atom. The standard InChI is InChI=1S/C19H29F2N3O/c1-3-7-23(8-4-2)13-15-5-9-24(10-6-15)19-12-16(20)18(22-14-25)11-17(19)21/h11-12,14-15H,3-10,13H2,1-2H3,(H,22,25). The Hall–Kier alpha value is -1.69. The first-order valence-electron chi connectivity index (χ1n) is 9.25. The van der Waals surface area contributed by atoms with Gasteiger partial charge in [-0.05, 0) is 44.7 Å². The molecule has 1 heterocycles. The molecule has 0 bridgehead atoms. The van der Waals surface area contributed by atoms with Gasteiger partial charge in [0.25, 0.3) is 0 Å². The quantitative estimate of drug-likeness (QED) is 0.685. The lowest BCUT2D eigenvalue weighted by Gasteiger charge is -2.36. The molecule has 0 aliphatic carbocycles. The van der Waals surface area contributed by atoms with Gasteiger partial charge in [0.05, 0.1) is 11.4 Å². The van der Waals surface area contributed by atoms with Gasteiger partial charge in [0, 0.05) is 31.8 Å². The molecule has 1 aromatic carbocycles. The largest absolute Gasteiger partial charge is 0.369 e. The zero-order chi connectivity index (χ0) is 18.2. The highest BCUT2D eigenvalue weighted by Crippen LogP contribution is 2.29. The van der Waals surface area contributed by atoms with Crippen LogP contribution in [-0.4, -0.2) is 44.0 Å². The van der Waals surface area contributed by atoms with Crippen LogP contribution in [0, 0.1) is 17.6 Å². The number of anilines is 2. The first kappa shape index (κ1) is 19.6. The molecule has 0 spiro atoms. The van der Waals surface area contributed by atoms with E-state index in [0.717, 1.165) is 64.5 Å². The maximum Gasteiger partial charge on any atom is 0.211 e.